The van der Waals surface area contributed by atoms with Crippen molar-refractivity contribution in [1.82, 2.24) is 14.8 Å². The van der Waals surface area contributed by atoms with Gasteiger partial charge in [-0.3, -0.25) is 14.7 Å². The molecule has 1 spiro atoms. The molecule has 4 heterocycles. The van der Waals surface area contributed by atoms with Crippen molar-refractivity contribution < 1.29 is 14.3 Å². The summed E-state index contributed by atoms with van der Waals surface area (Å²) in [5.41, 5.74) is 1.18. The van der Waals surface area contributed by atoms with E-state index in [0.717, 1.165) is 65.0 Å². The first kappa shape index (κ1) is 17.9. The van der Waals surface area contributed by atoms with E-state index >= 15 is 0 Å². The van der Waals surface area contributed by atoms with E-state index in [-0.39, 0.29) is 17.6 Å². The number of likely N-dealkylation sites (N-methyl/N-ethyl adjacent to an activating group) is 1. The second-order valence-corrected chi connectivity index (χ2v) is 7.96. The largest absolute Gasteiger partial charge is 0.373 e. The molecule has 3 aliphatic rings. The van der Waals surface area contributed by atoms with Crippen molar-refractivity contribution in [2.45, 2.75) is 56.4 Å². The van der Waals surface area contributed by atoms with Gasteiger partial charge in [-0.2, -0.15) is 0 Å². The van der Waals surface area contributed by atoms with Gasteiger partial charge < -0.3 is 14.4 Å². The van der Waals surface area contributed by atoms with Gasteiger partial charge in [-0.25, -0.2) is 0 Å². The van der Waals surface area contributed by atoms with E-state index in [0.29, 0.717) is 6.04 Å². The van der Waals surface area contributed by atoms with Crippen LogP contribution in [0.3, 0.4) is 0 Å². The van der Waals surface area contributed by atoms with E-state index in [1.807, 2.05) is 23.4 Å². The van der Waals surface area contributed by atoms with Crippen LogP contribution in [0.4, 0.5) is 0 Å². The van der Waals surface area contributed by atoms with E-state index < -0.39 is 0 Å². The van der Waals surface area contributed by atoms with Crippen molar-refractivity contribution in [2.24, 2.45) is 0 Å². The summed E-state index contributed by atoms with van der Waals surface area (Å²) in [5.74, 6) is 0.181. The minimum Gasteiger partial charge on any atom is -0.373 e. The zero-order valence-electron chi connectivity index (χ0n) is 15.6. The Hall–Kier alpha value is -1.50. The second kappa shape index (κ2) is 7.62. The summed E-state index contributed by atoms with van der Waals surface area (Å²) in [7, 11) is 2.16. The monoisotopic (exact) mass is 359 g/mol. The lowest BCUT2D eigenvalue weighted by Gasteiger charge is -2.39. The number of hydrogen-bond acceptors (Lipinski definition) is 5. The maximum absolute atomic E-state index is 12.5. The molecule has 1 unspecified atom stereocenters. The first-order valence-electron chi connectivity index (χ1n) is 9.79. The molecular weight excluding hydrogens is 330 g/mol. The van der Waals surface area contributed by atoms with E-state index in [9.17, 15) is 4.79 Å². The van der Waals surface area contributed by atoms with Crippen LogP contribution in [0.5, 0.6) is 0 Å². The number of amides is 1. The third-order valence-electron chi connectivity index (χ3n) is 6.16. The van der Waals surface area contributed by atoms with Gasteiger partial charge in [0, 0.05) is 44.7 Å². The number of piperidine rings is 1. The predicted molar refractivity (Wildman–Crippen MR) is 97.6 cm³/mol. The van der Waals surface area contributed by atoms with Gasteiger partial charge in [0.2, 0.25) is 0 Å². The summed E-state index contributed by atoms with van der Waals surface area (Å²) in [5, 5.41) is 0. The Morgan fingerprint density at radius 3 is 2.96 bits per heavy atom. The number of hydrogen-bond donors (Lipinski definition) is 0. The van der Waals surface area contributed by atoms with Gasteiger partial charge in [0.25, 0.3) is 5.91 Å². The summed E-state index contributed by atoms with van der Waals surface area (Å²) >= 11 is 0. The van der Waals surface area contributed by atoms with Gasteiger partial charge in [-0.15, -0.1) is 0 Å². The summed E-state index contributed by atoms with van der Waals surface area (Å²) in [6.07, 6.45) is 8.32. The van der Waals surface area contributed by atoms with Crippen LogP contribution in [0.1, 0.15) is 37.7 Å². The molecule has 4 rings (SSSR count). The Kier molecular flexibility index (Phi) is 5.25. The van der Waals surface area contributed by atoms with Crippen molar-refractivity contribution in [2.75, 3.05) is 33.4 Å². The molecule has 3 aliphatic heterocycles. The quantitative estimate of drug-likeness (QED) is 0.821. The number of aromatic nitrogens is 1. The first-order chi connectivity index (χ1) is 12.7. The number of nitrogens with zero attached hydrogens (tertiary/aromatic N) is 3. The molecule has 0 aromatic carbocycles. The molecule has 1 aromatic heterocycles. The Bertz CT molecular complexity index is 610. The minimum absolute atomic E-state index is 0.0544. The lowest BCUT2D eigenvalue weighted by molar-refractivity contribution is -0.145. The van der Waals surface area contributed by atoms with Gasteiger partial charge in [-0.05, 0) is 50.8 Å². The van der Waals surface area contributed by atoms with Crippen LogP contribution < -0.4 is 0 Å². The number of carbonyl (C=O) groups is 1. The lowest BCUT2D eigenvalue weighted by atomic mass is 9.87. The lowest BCUT2D eigenvalue weighted by Crippen LogP contribution is -2.49. The van der Waals surface area contributed by atoms with E-state index in [2.05, 4.69) is 23.0 Å². The van der Waals surface area contributed by atoms with Crippen LogP contribution in [-0.4, -0.2) is 71.8 Å². The third kappa shape index (κ3) is 3.77. The van der Waals surface area contributed by atoms with E-state index in [1.54, 1.807) is 0 Å². The van der Waals surface area contributed by atoms with Crippen LogP contribution >= 0.6 is 0 Å². The van der Waals surface area contributed by atoms with Crippen LogP contribution in [0.2, 0.25) is 0 Å². The average Bonchev–Trinajstić information content (AvgIpc) is 3.33. The van der Waals surface area contributed by atoms with Crippen molar-refractivity contribution >= 4 is 5.91 Å². The maximum Gasteiger partial charge on any atom is 0.251 e. The average molecular weight is 359 g/mol. The first-order valence-corrected chi connectivity index (χ1v) is 9.79. The van der Waals surface area contributed by atoms with Crippen molar-refractivity contribution in [1.29, 1.82) is 0 Å². The highest BCUT2D eigenvalue weighted by molar-refractivity contribution is 5.81. The number of rotatable bonds is 4. The fourth-order valence-electron chi connectivity index (χ4n) is 4.47. The molecule has 0 saturated carbocycles. The Morgan fingerprint density at radius 2 is 2.27 bits per heavy atom. The van der Waals surface area contributed by atoms with E-state index in [1.165, 1.54) is 5.56 Å². The van der Waals surface area contributed by atoms with Crippen molar-refractivity contribution in [3.63, 3.8) is 0 Å². The van der Waals surface area contributed by atoms with E-state index in [4.69, 9.17) is 9.47 Å². The molecule has 6 nitrogen and oxygen atoms in total. The van der Waals surface area contributed by atoms with Crippen LogP contribution in [0.15, 0.2) is 24.5 Å². The smallest absolute Gasteiger partial charge is 0.251 e. The van der Waals surface area contributed by atoms with Crippen LogP contribution in [0.25, 0.3) is 0 Å². The van der Waals surface area contributed by atoms with Crippen LogP contribution in [-0.2, 0) is 20.8 Å². The van der Waals surface area contributed by atoms with Gasteiger partial charge in [-0.1, -0.05) is 6.07 Å². The van der Waals surface area contributed by atoms with Gasteiger partial charge >= 0.3 is 0 Å². The SMILES string of the molecule is CN(Cc1cccnc1)C1COC2(CCN(C(=O)[C@@H]3CCCO3)CC2)C1. The highest BCUT2D eigenvalue weighted by atomic mass is 16.5. The summed E-state index contributed by atoms with van der Waals surface area (Å²) < 4.78 is 11.8. The van der Waals surface area contributed by atoms with Crippen molar-refractivity contribution in [3.05, 3.63) is 30.1 Å². The molecule has 0 bridgehead atoms. The van der Waals surface area contributed by atoms with Crippen LogP contribution in [0, 0.1) is 0 Å². The third-order valence-corrected chi connectivity index (χ3v) is 6.16. The van der Waals surface area contributed by atoms with Crippen molar-refractivity contribution in [3.8, 4) is 0 Å². The maximum atomic E-state index is 12.5. The molecule has 6 heteroatoms. The second-order valence-electron chi connectivity index (χ2n) is 7.96. The molecule has 3 saturated heterocycles. The molecule has 0 aliphatic carbocycles. The summed E-state index contributed by atoms with van der Waals surface area (Å²) in [4.78, 5) is 21.1. The number of likely N-dealkylation sites (tertiary alicyclic amines) is 1. The Balaban J connectivity index is 1.29. The molecule has 0 N–H and O–H groups in total. The summed E-state index contributed by atoms with van der Waals surface area (Å²) in [6, 6.07) is 4.52. The number of pyridine rings is 1. The topological polar surface area (TPSA) is 54.9 Å². The highest BCUT2D eigenvalue weighted by Crippen LogP contribution is 2.38. The molecule has 3 fully saturated rings. The zero-order valence-corrected chi connectivity index (χ0v) is 15.6. The molecular formula is C20H29N3O3. The van der Waals surface area contributed by atoms with Gasteiger partial charge in [0.05, 0.1) is 12.2 Å². The molecule has 0 radical (unpaired) electrons. The molecule has 1 amide bonds. The normalized spacial score (nSPS) is 28.2. The fourth-order valence-corrected chi connectivity index (χ4v) is 4.47. The molecule has 1 aromatic rings. The Labute approximate surface area is 155 Å². The fraction of sp³-hybridized carbons (Fsp3) is 0.700. The minimum atomic E-state index is -0.202. The standard InChI is InChI=1S/C20H29N3O3/c1-22(14-16-4-2-8-21-13-16)17-12-20(26-15-17)6-9-23(10-7-20)19(24)18-5-3-11-25-18/h2,4,8,13,17-18H,3,5-7,9-12,14-15H2,1H3/t17?,18-/m0/s1. The summed E-state index contributed by atoms with van der Waals surface area (Å²) in [6.45, 7) is 3.97. The van der Waals surface area contributed by atoms with Gasteiger partial charge in [0.15, 0.2) is 0 Å². The predicted octanol–water partition coefficient (Wildman–Crippen LogP) is 1.84. The Morgan fingerprint density at radius 1 is 1.42 bits per heavy atom. The highest BCUT2D eigenvalue weighted by Gasteiger charge is 2.45. The van der Waals surface area contributed by atoms with Gasteiger partial charge in [0.1, 0.15) is 6.10 Å². The number of ether oxygens (including phenoxy) is 2. The zero-order chi connectivity index (χ0) is 18.0. The molecule has 142 valence electrons. The molecule has 2 atom stereocenters. The number of carbonyl (C=O) groups excluding carboxylic acids is 1. The molecule has 26 heavy (non-hydrogen) atoms.